The summed E-state index contributed by atoms with van der Waals surface area (Å²) in [6.07, 6.45) is 0.0935. The summed E-state index contributed by atoms with van der Waals surface area (Å²) in [6, 6.07) is 22.0. The summed E-state index contributed by atoms with van der Waals surface area (Å²) in [7, 11) is 0. The molecule has 3 aromatic carbocycles. The number of hydrogen-bond acceptors (Lipinski definition) is 4. The van der Waals surface area contributed by atoms with Crippen molar-refractivity contribution in [3.05, 3.63) is 94.5 Å². The fourth-order valence-electron chi connectivity index (χ4n) is 4.23. The Morgan fingerprint density at radius 1 is 0.724 bits per heavy atom. The molecule has 4 heteroatoms. The van der Waals surface area contributed by atoms with E-state index in [1.165, 1.54) is 5.56 Å². The summed E-state index contributed by atoms with van der Waals surface area (Å²) in [5.74, 6) is 0.689. The van der Waals surface area contributed by atoms with Gasteiger partial charge in [0.15, 0.2) is 0 Å². The van der Waals surface area contributed by atoms with Crippen molar-refractivity contribution in [1.82, 2.24) is 9.80 Å². The maximum atomic E-state index is 10.3. The fourth-order valence-corrected chi connectivity index (χ4v) is 4.23. The van der Waals surface area contributed by atoms with E-state index in [4.69, 9.17) is 0 Å². The second-order valence-corrected chi connectivity index (χ2v) is 7.99. The van der Waals surface area contributed by atoms with Gasteiger partial charge in [0, 0.05) is 37.3 Å². The molecule has 4 rings (SSSR count). The maximum absolute atomic E-state index is 10.3. The van der Waals surface area contributed by atoms with Crippen LogP contribution in [0.4, 0.5) is 0 Å². The van der Waals surface area contributed by atoms with E-state index < -0.39 is 0 Å². The molecular formula is C25H28N2O2. The molecule has 0 radical (unpaired) electrons. The van der Waals surface area contributed by atoms with Crippen LogP contribution in [0.5, 0.6) is 11.5 Å². The minimum Gasteiger partial charge on any atom is -0.508 e. The summed E-state index contributed by atoms with van der Waals surface area (Å²) >= 11 is 0. The summed E-state index contributed by atoms with van der Waals surface area (Å²) in [5, 5.41) is 20.7. The molecule has 29 heavy (non-hydrogen) atoms. The van der Waals surface area contributed by atoms with Crippen molar-refractivity contribution < 1.29 is 10.2 Å². The van der Waals surface area contributed by atoms with Crippen molar-refractivity contribution in [2.75, 3.05) is 13.1 Å². The van der Waals surface area contributed by atoms with Gasteiger partial charge in [-0.15, -0.1) is 0 Å². The number of aryl methyl sites for hydroxylation is 2. The summed E-state index contributed by atoms with van der Waals surface area (Å²) in [5.41, 5.74) is 5.42. The molecule has 0 saturated carbocycles. The van der Waals surface area contributed by atoms with E-state index in [0.29, 0.717) is 24.6 Å². The highest BCUT2D eigenvalue weighted by molar-refractivity contribution is 5.37. The Morgan fingerprint density at radius 3 is 1.69 bits per heavy atom. The van der Waals surface area contributed by atoms with Crippen LogP contribution in [0, 0.1) is 13.8 Å². The minimum absolute atomic E-state index is 0.0935. The second-order valence-electron chi connectivity index (χ2n) is 7.99. The average molecular weight is 389 g/mol. The van der Waals surface area contributed by atoms with Gasteiger partial charge in [-0.1, -0.05) is 65.7 Å². The predicted octanol–water partition coefficient (Wildman–Crippen LogP) is 4.73. The number of hydrogen-bond donors (Lipinski definition) is 2. The Labute approximate surface area is 172 Å². The first-order chi connectivity index (χ1) is 14.0. The van der Waals surface area contributed by atoms with Crippen LogP contribution in [-0.4, -0.2) is 33.1 Å². The average Bonchev–Trinajstić information content (AvgIpc) is 3.10. The third-order valence-electron chi connectivity index (χ3n) is 5.68. The van der Waals surface area contributed by atoms with Crippen LogP contribution in [0.25, 0.3) is 0 Å². The molecule has 0 amide bonds. The molecule has 1 aliphatic heterocycles. The number of phenolic OH excluding ortho intramolecular Hbond substituents is 2. The van der Waals surface area contributed by atoms with E-state index in [9.17, 15) is 10.2 Å². The van der Waals surface area contributed by atoms with Crippen LogP contribution in [0.1, 0.15) is 34.0 Å². The van der Waals surface area contributed by atoms with E-state index in [0.717, 1.165) is 35.3 Å². The van der Waals surface area contributed by atoms with Crippen molar-refractivity contribution in [1.29, 1.82) is 0 Å². The van der Waals surface area contributed by atoms with Gasteiger partial charge in [0.1, 0.15) is 11.5 Å². The lowest BCUT2D eigenvalue weighted by Crippen LogP contribution is -2.30. The third-order valence-corrected chi connectivity index (χ3v) is 5.68. The molecule has 0 spiro atoms. The van der Waals surface area contributed by atoms with Gasteiger partial charge in [0.25, 0.3) is 0 Å². The molecule has 1 heterocycles. The van der Waals surface area contributed by atoms with Gasteiger partial charge in [-0.05, 0) is 31.5 Å². The third kappa shape index (κ3) is 4.29. The van der Waals surface area contributed by atoms with Crippen molar-refractivity contribution in [3.63, 3.8) is 0 Å². The van der Waals surface area contributed by atoms with Crippen LogP contribution >= 0.6 is 0 Å². The standard InChI is InChI=1S/C25H28N2O2/c1-18-8-10-23(28)21(14-18)16-26-12-13-27(25(26)20-6-4-3-5-7-20)17-22-15-19(2)9-11-24(22)29/h3-11,14-15,25,28-29H,12-13,16-17H2,1-2H3. The van der Waals surface area contributed by atoms with Crippen LogP contribution < -0.4 is 0 Å². The molecule has 0 bridgehead atoms. The van der Waals surface area contributed by atoms with E-state index in [2.05, 4.69) is 60.0 Å². The van der Waals surface area contributed by atoms with Crippen molar-refractivity contribution in [2.24, 2.45) is 0 Å². The normalized spacial score (nSPS) is 15.8. The Kier molecular flexibility index (Phi) is 5.56. The van der Waals surface area contributed by atoms with Crippen LogP contribution in [0.15, 0.2) is 66.7 Å². The van der Waals surface area contributed by atoms with Crippen LogP contribution in [-0.2, 0) is 13.1 Å². The topological polar surface area (TPSA) is 46.9 Å². The summed E-state index contributed by atoms with van der Waals surface area (Å²) < 4.78 is 0. The monoisotopic (exact) mass is 388 g/mol. The van der Waals surface area contributed by atoms with E-state index in [1.807, 2.05) is 18.2 Å². The van der Waals surface area contributed by atoms with Gasteiger partial charge in [0.2, 0.25) is 0 Å². The molecule has 150 valence electrons. The Bertz CT molecular complexity index is 926. The number of rotatable bonds is 5. The number of nitrogens with zero attached hydrogens (tertiary/aromatic N) is 2. The van der Waals surface area contributed by atoms with Crippen molar-refractivity contribution >= 4 is 0 Å². The van der Waals surface area contributed by atoms with E-state index >= 15 is 0 Å². The highest BCUT2D eigenvalue weighted by Crippen LogP contribution is 2.35. The lowest BCUT2D eigenvalue weighted by atomic mass is 10.1. The first-order valence-electron chi connectivity index (χ1n) is 10.1. The zero-order valence-electron chi connectivity index (χ0n) is 17.0. The SMILES string of the molecule is Cc1ccc(O)c(CN2CCN(Cc3cc(C)ccc3O)C2c2ccccc2)c1. The molecule has 0 unspecified atom stereocenters. The zero-order chi connectivity index (χ0) is 20.4. The summed E-state index contributed by atoms with van der Waals surface area (Å²) in [6.45, 7) is 7.27. The van der Waals surface area contributed by atoms with Gasteiger partial charge in [-0.2, -0.15) is 0 Å². The molecule has 0 aliphatic carbocycles. The molecular weight excluding hydrogens is 360 g/mol. The first-order valence-corrected chi connectivity index (χ1v) is 10.1. The summed E-state index contributed by atoms with van der Waals surface area (Å²) in [4.78, 5) is 4.80. The van der Waals surface area contributed by atoms with Crippen molar-refractivity contribution in [2.45, 2.75) is 33.1 Å². The maximum Gasteiger partial charge on any atom is 0.120 e. The van der Waals surface area contributed by atoms with E-state index in [-0.39, 0.29) is 6.17 Å². The smallest absolute Gasteiger partial charge is 0.120 e. The quantitative estimate of drug-likeness (QED) is 0.663. The van der Waals surface area contributed by atoms with Gasteiger partial charge in [-0.25, -0.2) is 0 Å². The van der Waals surface area contributed by atoms with E-state index in [1.54, 1.807) is 12.1 Å². The molecule has 4 nitrogen and oxygen atoms in total. The van der Waals surface area contributed by atoms with Crippen molar-refractivity contribution in [3.8, 4) is 11.5 Å². The van der Waals surface area contributed by atoms with Gasteiger partial charge >= 0.3 is 0 Å². The molecule has 2 N–H and O–H groups in total. The molecule has 1 saturated heterocycles. The number of phenols is 2. The highest BCUT2D eigenvalue weighted by Gasteiger charge is 2.33. The van der Waals surface area contributed by atoms with Gasteiger partial charge in [0.05, 0.1) is 6.17 Å². The number of aromatic hydroxyl groups is 2. The van der Waals surface area contributed by atoms with Gasteiger partial charge < -0.3 is 10.2 Å². The Morgan fingerprint density at radius 2 is 1.21 bits per heavy atom. The Balaban J connectivity index is 1.64. The highest BCUT2D eigenvalue weighted by atomic mass is 16.3. The van der Waals surface area contributed by atoms with Crippen LogP contribution in [0.2, 0.25) is 0 Å². The largest absolute Gasteiger partial charge is 0.508 e. The molecule has 1 aliphatic rings. The van der Waals surface area contributed by atoms with Crippen LogP contribution in [0.3, 0.4) is 0 Å². The second kappa shape index (κ2) is 8.27. The molecule has 0 atom stereocenters. The Hall–Kier alpha value is -2.82. The first kappa shape index (κ1) is 19.5. The van der Waals surface area contributed by atoms with Gasteiger partial charge in [-0.3, -0.25) is 9.80 Å². The lowest BCUT2D eigenvalue weighted by Gasteiger charge is -2.31. The minimum atomic E-state index is 0.0935. The molecule has 3 aromatic rings. The lowest BCUT2D eigenvalue weighted by molar-refractivity contribution is 0.124. The number of benzene rings is 3. The predicted molar refractivity (Wildman–Crippen MR) is 116 cm³/mol. The molecule has 1 fully saturated rings. The molecule has 0 aromatic heterocycles. The zero-order valence-corrected chi connectivity index (χ0v) is 17.0. The fraction of sp³-hybridized carbons (Fsp3) is 0.280.